The molecule has 0 aliphatic heterocycles. The predicted molar refractivity (Wildman–Crippen MR) is 169 cm³/mol. The van der Waals surface area contributed by atoms with Gasteiger partial charge in [0.05, 0.1) is 0 Å². The number of allylic oxidation sites excluding steroid dienone is 2. The van der Waals surface area contributed by atoms with Crippen molar-refractivity contribution < 1.29 is 9.53 Å². The van der Waals surface area contributed by atoms with E-state index in [1.54, 1.807) is 0 Å². The van der Waals surface area contributed by atoms with Crippen LogP contribution in [-0.4, -0.2) is 18.7 Å². The van der Waals surface area contributed by atoms with Crippen molar-refractivity contribution in [1.82, 2.24) is 5.32 Å². The molecule has 3 heteroatoms. The number of amides is 1. The van der Waals surface area contributed by atoms with E-state index in [0.29, 0.717) is 5.41 Å². The van der Waals surface area contributed by atoms with Crippen molar-refractivity contribution in [1.29, 1.82) is 0 Å². The molecule has 5 unspecified atom stereocenters. The molecular formula is C37H65NO2. The summed E-state index contributed by atoms with van der Waals surface area (Å²) in [5.74, 6) is 4.69. The standard InChI is InChI=1S/C37H65NO2/c1-3-4-5-6-7-8-9-10-11-12-13-14-15-16-17-18-28-38-36(39)40-31-22-24-32-30(29-31)21-23-34-33(32)25-27-37(2)26-19-20-35(34)37/h10-11,30-35H,3-9,12-29H2,1-2H3,(H,38,39)/b11-10-/t30?,31-,32?,33?,34?,35?,37+/m1/s1. The molecular weight excluding hydrogens is 490 g/mol. The highest BCUT2D eigenvalue weighted by Gasteiger charge is 2.53. The van der Waals surface area contributed by atoms with Crippen molar-refractivity contribution in [3.63, 3.8) is 0 Å². The fraction of sp³-hybridized carbons (Fsp3) is 0.919. The Morgan fingerprint density at radius 3 is 2.17 bits per heavy atom. The van der Waals surface area contributed by atoms with Crippen LogP contribution in [0.4, 0.5) is 4.79 Å². The van der Waals surface area contributed by atoms with E-state index in [2.05, 4.69) is 31.3 Å². The number of carbonyl (C=O) groups excluding carboxylic acids is 1. The van der Waals surface area contributed by atoms with Gasteiger partial charge >= 0.3 is 6.09 Å². The summed E-state index contributed by atoms with van der Waals surface area (Å²) in [5.41, 5.74) is 0.663. The first-order valence-electron chi connectivity index (χ1n) is 18.2. The molecule has 4 saturated carbocycles. The lowest BCUT2D eigenvalue weighted by molar-refractivity contribution is -0.0692. The molecule has 40 heavy (non-hydrogen) atoms. The number of unbranched alkanes of at least 4 members (excludes halogenated alkanes) is 12. The SMILES string of the molecule is CCCCCCCC/C=C\CCCCCCCCNC(=O)O[C@@H]1CCC2C(CCC3C2CC[C@]2(C)CCCC32)C1. The third kappa shape index (κ3) is 9.52. The minimum atomic E-state index is -0.163. The Bertz CT molecular complexity index is 748. The van der Waals surface area contributed by atoms with E-state index in [0.717, 1.165) is 55.4 Å². The maximum absolute atomic E-state index is 12.5. The van der Waals surface area contributed by atoms with Gasteiger partial charge in [-0.15, -0.1) is 0 Å². The van der Waals surface area contributed by atoms with Crippen molar-refractivity contribution in [3.8, 4) is 0 Å². The lowest BCUT2D eigenvalue weighted by Crippen LogP contribution is -2.48. The largest absolute Gasteiger partial charge is 0.446 e. The molecule has 1 N–H and O–H groups in total. The van der Waals surface area contributed by atoms with Gasteiger partial charge in [0, 0.05) is 6.54 Å². The molecule has 0 aromatic heterocycles. The molecule has 7 atom stereocenters. The zero-order valence-corrected chi connectivity index (χ0v) is 26.6. The van der Waals surface area contributed by atoms with Gasteiger partial charge in [0.25, 0.3) is 0 Å². The first kappa shape index (κ1) is 31.9. The van der Waals surface area contributed by atoms with Crippen LogP contribution in [0.15, 0.2) is 12.2 Å². The zero-order valence-electron chi connectivity index (χ0n) is 26.6. The fourth-order valence-electron chi connectivity index (χ4n) is 9.67. The fourth-order valence-corrected chi connectivity index (χ4v) is 9.67. The highest BCUT2D eigenvalue weighted by molar-refractivity contribution is 5.67. The zero-order chi connectivity index (χ0) is 28.0. The van der Waals surface area contributed by atoms with E-state index in [1.165, 1.54) is 135 Å². The predicted octanol–water partition coefficient (Wildman–Crippen LogP) is 11.2. The number of carbonyl (C=O) groups is 1. The summed E-state index contributed by atoms with van der Waals surface area (Å²) in [5, 5.41) is 3.06. The van der Waals surface area contributed by atoms with Gasteiger partial charge in [0.2, 0.25) is 0 Å². The van der Waals surface area contributed by atoms with E-state index in [-0.39, 0.29) is 12.2 Å². The van der Waals surface area contributed by atoms with E-state index in [1.807, 2.05) is 0 Å². The molecule has 1 amide bonds. The summed E-state index contributed by atoms with van der Waals surface area (Å²) in [6, 6.07) is 0. The Hall–Kier alpha value is -0.990. The third-order valence-corrected chi connectivity index (χ3v) is 11.9. The quantitative estimate of drug-likeness (QED) is 0.143. The van der Waals surface area contributed by atoms with Gasteiger partial charge in [0.15, 0.2) is 0 Å². The Labute approximate surface area is 248 Å². The molecule has 0 saturated heterocycles. The minimum absolute atomic E-state index is 0.151. The van der Waals surface area contributed by atoms with E-state index >= 15 is 0 Å². The van der Waals surface area contributed by atoms with Crippen molar-refractivity contribution in [2.75, 3.05) is 6.54 Å². The smallest absolute Gasteiger partial charge is 0.407 e. The molecule has 0 bridgehead atoms. The van der Waals surface area contributed by atoms with Crippen LogP contribution in [0.1, 0.15) is 168 Å². The summed E-state index contributed by atoms with van der Waals surface area (Å²) < 4.78 is 5.93. The Kier molecular flexibility index (Phi) is 13.7. The maximum Gasteiger partial charge on any atom is 0.407 e. The van der Waals surface area contributed by atoms with Crippen molar-refractivity contribution in [3.05, 3.63) is 12.2 Å². The lowest BCUT2D eigenvalue weighted by Gasteiger charge is -2.55. The monoisotopic (exact) mass is 556 g/mol. The van der Waals surface area contributed by atoms with Crippen LogP contribution in [0.3, 0.4) is 0 Å². The van der Waals surface area contributed by atoms with Crippen LogP contribution in [0, 0.1) is 35.0 Å². The minimum Gasteiger partial charge on any atom is -0.446 e. The number of ether oxygens (including phenoxy) is 1. The number of rotatable bonds is 17. The summed E-state index contributed by atoms with van der Waals surface area (Å²) in [4.78, 5) is 12.5. The topological polar surface area (TPSA) is 38.3 Å². The summed E-state index contributed by atoms with van der Waals surface area (Å²) >= 11 is 0. The molecule has 0 aromatic carbocycles. The maximum atomic E-state index is 12.5. The highest BCUT2D eigenvalue weighted by atomic mass is 16.6. The van der Waals surface area contributed by atoms with Crippen LogP contribution in [-0.2, 0) is 4.74 Å². The molecule has 4 fully saturated rings. The summed E-state index contributed by atoms with van der Waals surface area (Å²) in [7, 11) is 0. The molecule has 0 spiro atoms. The Morgan fingerprint density at radius 1 is 0.750 bits per heavy atom. The number of hydrogen-bond donors (Lipinski definition) is 1. The van der Waals surface area contributed by atoms with Crippen molar-refractivity contribution in [2.24, 2.45) is 35.0 Å². The number of hydrogen-bond acceptors (Lipinski definition) is 2. The second kappa shape index (κ2) is 17.2. The molecule has 0 aromatic rings. The van der Waals surface area contributed by atoms with Gasteiger partial charge in [-0.1, -0.05) is 90.2 Å². The van der Waals surface area contributed by atoms with Crippen molar-refractivity contribution >= 4 is 6.09 Å². The second-order valence-electron chi connectivity index (χ2n) is 14.7. The van der Waals surface area contributed by atoms with Gasteiger partial charge in [-0.2, -0.15) is 0 Å². The van der Waals surface area contributed by atoms with Crippen LogP contribution >= 0.6 is 0 Å². The first-order valence-corrected chi connectivity index (χ1v) is 18.2. The van der Waals surface area contributed by atoms with Crippen LogP contribution in [0.5, 0.6) is 0 Å². The third-order valence-electron chi connectivity index (χ3n) is 11.9. The molecule has 4 aliphatic rings. The average Bonchev–Trinajstić information content (AvgIpc) is 3.36. The second-order valence-corrected chi connectivity index (χ2v) is 14.7. The van der Waals surface area contributed by atoms with Crippen molar-refractivity contribution in [2.45, 2.75) is 174 Å². The van der Waals surface area contributed by atoms with Crippen LogP contribution in [0.25, 0.3) is 0 Å². The molecule has 0 radical (unpaired) electrons. The Morgan fingerprint density at radius 2 is 1.43 bits per heavy atom. The van der Waals surface area contributed by atoms with Gasteiger partial charge in [0.1, 0.15) is 6.10 Å². The molecule has 0 heterocycles. The van der Waals surface area contributed by atoms with Gasteiger partial charge < -0.3 is 10.1 Å². The number of nitrogens with one attached hydrogen (secondary N) is 1. The van der Waals surface area contributed by atoms with E-state index < -0.39 is 0 Å². The highest BCUT2D eigenvalue weighted by Crippen LogP contribution is 2.62. The molecule has 4 rings (SSSR count). The average molecular weight is 556 g/mol. The van der Waals surface area contributed by atoms with Gasteiger partial charge in [-0.25, -0.2) is 4.79 Å². The van der Waals surface area contributed by atoms with Gasteiger partial charge in [-0.05, 0) is 125 Å². The molecule has 230 valence electrons. The Balaban J connectivity index is 0.968. The normalized spacial score (nSPS) is 33.4. The molecule has 3 nitrogen and oxygen atoms in total. The summed E-state index contributed by atoms with van der Waals surface area (Å²) in [6.07, 6.45) is 36.9. The number of alkyl carbamates (subject to hydrolysis) is 1. The first-order chi connectivity index (χ1) is 19.6. The van der Waals surface area contributed by atoms with E-state index in [9.17, 15) is 4.79 Å². The summed E-state index contributed by atoms with van der Waals surface area (Å²) in [6.45, 7) is 5.66. The molecule has 4 aliphatic carbocycles. The van der Waals surface area contributed by atoms with Crippen LogP contribution in [0.2, 0.25) is 0 Å². The van der Waals surface area contributed by atoms with E-state index in [4.69, 9.17) is 4.74 Å². The lowest BCUT2D eigenvalue weighted by atomic mass is 9.50. The van der Waals surface area contributed by atoms with Crippen LogP contribution < -0.4 is 5.32 Å². The van der Waals surface area contributed by atoms with Gasteiger partial charge in [-0.3, -0.25) is 0 Å². The number of fused-ring (bicyclic) bond motifs is 5.